The quantitative estimate of drug-likeness (QED) is 0.756. The first kappa shape index (κ1) is 19.2. The number of benzene rings is 1. The molecular formula is C19H22N4O3S. The second-order valence-electron chi connectivity index (χ2n) is 6.25. The monoisotopic (exact) mass is 386 g/mol. The molecule has 1 N–H and O–H groups in total. The number of carbonyl (C=O) groups excluding carboxylic acids is 1. The lowest BCUT2D eigenvalue weighted by molar-refractivity contribution is -0.114. The third kappa shape index (κ3) is 5.72. The first-order chi connectivity index (χ1) is 13.0. The third-order valence-corrected chi connectivity index (χ3v) is 5.79. The van der Waals surface area contributed by atoms with E-state index in [2.05, 4.69) is 26.7 Å². The van der Waals surface area contributed by atoms with Gasteiger partial charge in [-0.05, 0) is 29.3 Å². The van der Waals surface area contributed by atoms with Gasteiger partial charge in [-0.2, -0.15) is 12.7 Å². The van der Waals surface area contributed by atoms with Crippen molar-refractivity contribution >= 4 is 22.2 Å². The van der Waals surface area contributed by atoms with Crippen LogP contribution in [0.3, 0.4) is 0 Å². The van der Waals surface area contributed by atoms with Gasteiger partial charge >= 0.3 is 10.2 Å². The molecule has 27 heavy (non-hydrogen) atoms. The van der Waals surface area contributed by atoms with Crippen LogP contribution in [0.25, 0.3) is 6.08 Å². The zero-order chi connectivity index (χ0) is 19.1. The van der Waals surface area contributed by atoms with Gasteiger partial charge in [0.25, 0.3) is 5.91 Å². The van der Waals surface area contributed by atoms with Crippen LogP contribution in [0, 0.1) is 0 Å². The zero-order valence-corrected chi connectivity index (χ0v) is 15.7. The highest BCUT2D eigenvalue weighted by Crippen LogP contribution is 2.10. The first-order valence-electron chi connectivity index (χ1n) is 8.69. The van der Waals surface area contributed by atoms with E-state index in [-0.39, 0.29) is 0 Å². The lowest BCUT2D eigenvalue weighted by Crippen LogP contribution is -2.52. The molecule has 0 atom stereocenters. The van der Waals surface area contributed by atoms with Crippen molar-refractivity contribution in [3.8, 4) is 0 Å². The van der Waals surface area contributed by atoms with Gasteiger partial charge in [0, 0.05) is 51.2 Å². The summed E-state index contributed by atoms with van der Waals surface area (Å²) in [7, 11) is -3.84. The fourth-order valence-corrected chi connectivity index (χ4v) is 3.94. The Hall–Kier alpha value is -2.55. The molecule has 1 fully saturated rings. The maximum Gasteiger partial charge on any atom is 0.304 e. The minimum absolute atomic E-state index is 0.351. The van der Waals surface area contributed by atoms with Crippen molar-refractivity contribution in [2.24, 2.45) is 0 Å². The summed E-state index contributed by atoms with van der Waals surface area (Å²) in [6, 6.07) is 13.5. The molecule has 0 saturated carbocycles. The summed E-state index contributed by atoms with van der Waals surface area (Å²) in [5.74, 6) is -0.668. The fourth-order valence-electron chi connectivity index (χ4n) is 2.84. The maximum absolute atomic E-state index is 12.4. The Bertz CT molecular complexity index is 878. The summed E-state index contributed by atoms with van der Waals surface area (Å²) in [4.78, 5) is 18.0. The summed E-state index contributed by atoms with van der Waals surface area (Å²) < 4.78 is 28.2. The Morgan fingerprint density at radius 3 is 2.37 bits per heavy atom. The standard InChI is InChI=1S/C19H22N4O3S/c24-19(7-6-17-8-10-20-11-9-17)21-27(25,26)23-14-12-22(13-15-23)16-18-4-2-1-3-5-18/h1-11H,12-16H2,(H,21,24)/b7-6-. The van der Waals surface area contributed by atoms with Crippen LogP contribution in [-0.2, 0) is 21.5 Å². The van der Waals surface area contributed by atoms with Crippen molar-refractivity contribution in [2.45, 2.75) is 6.54 Å². The van der Waals surface area contributed by atoms with E-state index in [1.54, 1.807) is 30.6 Å². The minimum Gasteiger partial charge on any atom is -0.296 e. The SMILES string of the molecule is O=C(/C=C\c1ccncc1)NS(=O)(=O)N1CCN(Cc2ccccc2)CC1. The van der Waals surface area contributed by atoms with Crippen LogP contribution in [0.4, 0.5) is 0 Å². The van der Waals surface area contributed by atoms with Crippen molar-refractivity contribution < 1.29 is 13.2 Å². The molecule has 0 bridgehead atoms. The molecule has 1 saturated heterocycles. The lowest BCUT2D eigenvalue weighted by Gasteiger charge is -2.33. The summed E-state index contributed by atoms with van der Waals surface area (Å²) in [5.41, 5.74) is 1.97. The molecule has 0 aliphatic carbocycles. The Balaban J connectivity index is 1.50. The molecule has 8 heteroatoms. The molecule has 1 aliphatic heterocycles. The lowest BCUT2D eigenvalue weighted by atomic mass is 10.2. The average Bonchev–Trinajstić information content (AvgIpc) is 2.68. The highest BCUT2D eigenvalue weighted by molar-refractivity contribution is 7.87. The predicted molar refractivity (Wildman–Crippen MR) is 104 cm³/mol. The molecule has 0 unspecified atom stereocenters. The van der Waals surface area contributed by atoms with Crippen LogP contribution in [0.1, 0.15) is 11.1 Å². The molecule has 0 radical (unpaired) electrons. The van der Waals surface area contributed by atoms with Gasteiger partial charge in [0.2, 0.25) is 0 Å². The Labute approximate surface area is 159 Å². The van der Waals surface area contributed by atoms with E-state index < -0.39 is 16.1 Å². The normalized spacial score (nSPS) is 16.4. The smallest absolute Gasteiger partial charge is 0.296 e. The summed E-state index contributed by atoms with van der Waals surface area (Å²) in [6.45, 7) is 2.73. The Kier molecular flexibility index (Phi) is 6.33. The van der Waals surface area contributed by atoms with Crippen LogP contribution in [0.15, 0.2) is 60.9 Å². The molecule has 1 amide bonds. The molecule has 7 nitrogen and oxygen atoms in total. The van der Waals surface area contributed by atoms with E-state index >= 15 is 0 Å². The molecule has 0 spiro atoms. The number of nitrogens with one attached hydrogen (secondary N) is 1. The van der Waals surface area contributed by atoms with Gasteiger partial charge in [0.1, 0.15) is 0 Å². The largest absolute Gasteiger partial charge is 0.304 e. The summed E-state index contributed by atoms with van der Waals surface area (Å²) in [5, 5.41) is 0. The molecular weight excluding hydrogens is 364 g/mol. The van der Waals surface area contributed by atoms with Crippen LogP contribution in [-0.4, -0.2) is 54.7 Å². The molecule has 1 aromatic heterocycles. The number of amides is 1. The number of piperazine rings is 1. The first-order valence-corrected chi connectivity index (χ1v) is 10.1. The highest BCUT2D eigenvalue weighted by Gasteiger charge is 2.27. The van der Waals surface area contributed by atoms with Gasteiger partial charge in [-0.1, -0.05) is 30.3 Å². The van der Waals surface area contributed by atoms with E-state index in [9.17, 15) is 13.2 Å². The van der Waals surface area contributed by atoms with Crippen molar-refractivity contribution in [3.05, 3.63) is 72.1 Å². The van der Waals surface area contributed by atoms with Gasteiger partial charge in [0.15, 0.2) is 0 Å². The van der Waals surface area contributed by atoms with Gasteiger partial charge in [-0.25, -0.2) is 4.72 Å². The van der Waals surface area contributed by atoms with E-state index in [1.807, 2.05) is 18.2 Å². The second kappa shape index (κ2) is 8.90. The molecule has 142 valence electrons. The third-order valence-electron chi connectivity index (χ3n) is 4.28. The molecule has 2 heterocycles. The zero-order valence-electron chi connectivity index (χ0n) is 14.9. The van der Waals surface area contributed by atoms with Crippen molar-refractivity contribution in [1.82, 2.24) is 18.9 Å². The van der Waals surface area contributed by atoms with Crippen molar-refractivity contribution in [3.63, 3.8) is 0 Å². The highest BCUT2D eigenvalue weighted by atomic mass is 32.2. The average molecular weight is 386 g/mol. The maximum atomic E-state index is 12.4. The summed E-state index contributed by atoms with van der Waals surface area (Å²) in [6.07, 6.45) is 5.95. The van der Waals surface area contributed by atoms with E-state index in [1.165, 1.54) is 15.9 Å². The van der Waals surface area contributed by atoms with Crippen molar-refractivity contribution in [2.75, 3.05) is 26.2 Å². The number of hydrogen-bond acceptors (Lipinski definition) is 5. The van der Waals surface area contributed by atoms with Gasteiger partial charge in [-0.15, -0.1) is 0 Å². The molecule has 3 rings (SSSR count). The van der Waals surface area contributed by atoms with E-state index in [0.29, 0.717) is 26.2 Å². The molecule has 1 aliphatic rings. The molecule has 1 aromatic carbocycles. The van der Waals surface area contributed by atoms with Crippen molar-refractivity contribution in [1.29, 1.82) is 0 Å². The van der Waals surface area contributed by atoms with E-state index in [0.717, 1.165) is 12.1 Å². The fraction of sp³-hybridized carbons (Fsp3) is 0.263. The Morgan fingerprint density at radius 1 is 1.04 bits per heavy atom. The number of nitrogens with zero attached hydrogens (tertiary/aromatic N) is 3. The van der Waals surface area contributed by atoms with Crippen LogP contribution in [0.5, 0.6) is 0 Å². The number of pyridine rings is 1. The van der Waals surface area contributed by atoms with Gasteiger partial charge < -0.3 is 0 Å². The second-order valence-corrected chi connectivity index (χ2v) is 7.92. The van der Waals surface area contributed by atoms with Crippen LogP contribution in [0.2, 0.25) is 0 Å². The van der Waals surface area contributed by atoms with Gasteiger partial charge in [0.05, 0.1) is 0 Å². The topological polar surface area (TPSA) is 82.6 Å². The number of rotatable bonds is 6. The predicted octanol–water partition coefficient (Wildman–Crippen LogP) is 1.27. The number of aromatic nitrogens is 1. The molecule has 2 aromatic rings. The summed E-state index contributed by atoms with van der Waals surface area (Å²) >= 11 is 0. The van der Waals surface area contributed by atoms with Crippen LogP contribution < -0.4 is 4.72 Å². The number of carbonyl (C=O) groups is 1. The van der Waals surface area contributed by atoms with E-state index in [4.69, 9.17) is 0 Å². The van der Waals surface area contributed by atoms with Gasteiger partial charge in [-0.3, -0.25) is 14.7 Å². The Morgan fingerprint density at radius 2 is 1.70 bits per heavy atom. The van der Waals surface area contributed by atoms with Crippen LogP contribution >= 0.6 is 0 Å². The minimum atomic E-state index is -3.84. The number of hydrogen-bond donors (Lipinski definition) is 1.